The van der Waals surface area contributed by atoms with Crippen LogP contribution >= 0.6 is 0 Å². The smallest absolute Gasteiger partial charge is 0.410 e. The number of amides is 1. The molecule has 2 unspecified atom stereocenters. The van der Waals surface area contributed by atoms with E-state index < -0.39 is 30.4 Å². The number of alkyl carbamates (subject to hydrolysis) is 1. The largest absolute Gasteiger partial charge is 0.481 e. The van der Waals surface area contributed by atoms with E-state index in [9.17, 15) is 14.4 Å². The molecule has 0 aromatic heterocycles. The molecule has 1 amide bonds. The van der Waals surface area contributed by atoms with Crippen LogP contribution in [0.5, 0.6) is 0 Å². The molecule has 2 N–H and O–H groups in total. The highest BCUT2D eigenvalue weighted by Gasteiger charge is 2.24. The van der Waals surface area contributed by atoms with Gasteiger partial charge >= 0.3 is 18.0 Å². The van der Waals surface area contributed by atoms with Crippen molar-refractivity contribution in [2.75, 3.05) is 13.7 Å². The zero-order valence-corrected chi connectivity index (χ0v) is 15.7. The number of methoxy groups -OCH3 is 1. The third-order valence-corrected chi connectivity index (χ3v) is 4.09. The number of aliphatic carboxylic acids is 1. The first-order chi connectivity index (χ1) is 11.7. The minimum atomic E-state index is -1.11. The number of carboxylic acids is 1. The van der Waals surface area contributed by atoms with Gasteiger partial charge in [0.1, 0.15) is 6.10 Å². The summed E-state index contributed by atoms with van der Waals surface area (Å²) in [4.78, 5) is 33.7. The maximum atomic E-state index is 11.8. The maximum absolute atomic E-state index is 11.8. The highest BCUT2D eigenvalue weighted by atomic mass is 16.7. The van der Waals surface area contributed by atoms with Crippen LogP contribution in [-0.4, -0.2) is 49.2 Å². The van der Waals surface area contributed by atoms with Crippen LogP contribution in [0.1, 0.15) is 53.4 Å². The zero-order valence-electron chi connectivity index (χ0n) is 15.7. The third-order valence-electron chi connectivity index (χ3n) is 4.09. The Hall–Kier alpha value is -1.83. The number of carbonyl (C=O) groups is 3. The molecule has 4 atom stereocenters. The van der Waals surface area contributed by atoms with Gasteiger partial charge in [-0.15, -0.1) is 0 Å². The molecule has 0 aliphatic carbocycles. The number of rotatable bonds is 12. The van der Waals surface area contributed by atoms with Gasteiger partial charge in [-0.25, -0.2) is 4.79 Å². The number of carboxylic acid groups (broad SMARTS) is 1. The van der Waals surface area contributed by atoms with Gasteiger partial charge in [0.05, 0.1) is 5.92 Å². The van der Waals surface area contributed by atoms with E-state index in [2.05, 4.69) is 5.32 Å². The molecule has 25 heavy (non-hydrogen) atoms. The number of hydrogen-bond acceptors (Lipinski definition) is 6. The number of esters is 1. The van der Waals surface area contributed by atoms with Gasteiger partial charge in [-0.2, -0.15) is 0 Å². The average Bonchev–Trinajstić information content (AvgIpc) is 2.55. The van der Waals surface area contributed by atoms with Gasteiger partial charge < -0.3 is 24.6 Å². The van der Waals surface area contributed by atoms with Crippen molar-refractivity contribution in [3.05, 3.63) is 0 Å². The van der Waals surface area contributed by atoms with Gasteiger partial charge in [-0.1, -0.05) is 20.3 Å². The molecule has 0 spiro atoms. The first-order valence-corrected chi connectivity index (χ1v) is 8.58. The average molecular weight is 361 g/mol. The summed E-state index contributed by atoms with van der Waals surface area (Å²) in [6.45, 7) is 6.97. The monoisotopic (exact) mass is 361 g/mol. The summed E-state index contributed by atoms with van der Waals surface area (Å²) in [6.07, 6.45) is 0.631. The van der Waals surface area contributed by atoms with Crippen LogP contribution in [0, 0.1) is 11.8 Å². The Morgan fingerprint density at radius 3 is 2.20 bits per heavy atom. The summed E-state index contributed by atoms with van der Waals surface area (Å²) >= 11 is 0. The van der Waals surface area contributed by atoms with Crippen molar-refractivity contribution in [1.29, 1.82) is 0 Å². The Kier molecular flexibility index (Phi) is 11.6. The lowest BCUT2D eigenvalue weighted by Crippen LogP contribution is -2.38. The lowest BCUT2D eigenvalue weighted by Gasteiger charge is -2.22. The fourth-order valence-electron chi connectivity index (χ4n) is 2.18. The minimum absolute atomic E-state index is 0.323. The molecular formula is C17H31NO7. The van der Waals surface area contributed by atoms with E-state index in [1.807, 2.05) is 6.92 Å². The van der Waals surface area contributed by atoms with Crippen LogP contribution < -0.4 is 5.32 Å². The molecule has 0 bridgehead atoms. The molecule has 0 aliphatic rings. The number of nitrogens with one attached hydrogen (secondary N) is 1. The van der Waals surface area contributed by atoms with Crippen LogP contribution in [0.2, 0.25) is 0 Å². The Morgan fingerprint density at radius 2 is 1.72 bits per heavy atom. The number of carbonyl (C=O) groups excluding carboxylic acids is 2. The summed E-state index contributed by atoms with van der Waals surface area (Å²) in [7, 11) is 1.42. The Balaban J connectivity index is 4.24. The van der Waals surface area contributed by atoms with Crippen LogP contribution in [0.25, 0.3) is 0 Å². The van der Waals surface area contributed by atoms with Crippen LogP contribution in [-0.2, 0) is 23.8 Å². The Bertz CT molecular complexity index is 427. The molecular weight excluding hydrogens is 330 g/mol. The fourth-order valence-corrected chi connectivity index (χ4v) is 2.18. The summed E-state index contributed by atoms with van der Waals surface area (Å²) in [5.41, 5.74) is 0. The standard InChI is InChI=1S/C17H31NO7/c1-6-14(8-7-11(2)15(20)21)9-10-18-17(22)25-16(12(3)23-5)24-13(4)19/h11-12,14,16H,6-10H2,1-5H3,(H,18,22)(H,20,21)/t11-,12?,14?,16+/m0/s1. The van der Waals surface area contributed by atoms with Gasteiger partial charge in [0.2, 0.25) is 0 Å². The van der Waals surface area contributed by atoms with E-state index in [1.165, 1.54) is 14.0 Å². The van der Waals surface area contributed by atoms with Crippen molar-refractivity contribution in [3.8, 4) is 0 Å². The lowest BCUT2D eigenvalue weighted by molar-refractivity contribution is -0.185. The molecule has 0 saturated carbocycles. The second-order valence-corrected chi connectivity index (χ2v) is 6.13. The summed E-state index contributed by atoms with van der Waals surface area (Å²) < 4.78 is 15.0. The highest BCUT2D eigenvalue weighted by molar-refractivity contribution is 5.69. The minimum Gasteiger partial charge on any atom is -0.481 e. The molecule has 8 heteroatoms. The SMILES string of the molecule is CCC(CCNC(=O)O[C@@H](OC(C)=O)C(C)OC)CC[C@H](C)C(=O)O. The normalized spacial score (nSPS) is 15.6. The fraction of sp³-hybridized carbons (Fsp3) is 0.824. The van der Waals surface area contributed by atoms with E-state index >= 15 is 0 Å². The molecule has 146 valence electrons. The van der Waals surface area contributed by atoms with Crippen molar-refractivity contribution >= 4 is 18.0 Å². The van der Waals surface area contributed by atoms with Gasteiger partial charge in [0.15, 0.2) is 0 Å². The molecule has 0 aromatic carbocycles. The second-order valence-electron chi connectivity index (χ2n) is 6.13. The van der Waals surface area contributed by atoms with Gasteiger partial charge in [0.25, 0.3) is 6.29 Å². The van der Waals surface area contributed by atoms with Crippen LogP contribution in [0.15, 0.2) is 0 Å². The van der Waals surface area contributed by atoms with E-state index in [0.29, 0.717) is 18.9 Å². The van der Waals surface area contributed by atoms with Gasteiger partial charge in [0, 0.05) is 20.6 Å². The molecule has 8 nitrogen and oxygen atoms in total. The summed E-state index contributed by atoms with van der Waals surface area (Å²) in [5.74, 6) is -1.41. The molecule has 0 heterocycles. The van der Waals surface area contributed by atoms with Crippen LogP contribution in [0.3, 0.4) is 0 Å². The van der Waals surface area contributed by atoms with Gasteiger partial charge in [-0.3, -0.25) is 9.59 Å². The second kappa shape index (κ2) is 12.5. The van der Waals surface area contributed by atoms with E-state index in [0.717, 1.165) is 19.3 Å². The molecule has 0 aliphatic heterocycles. The van der Waals surface area contributed by atoms with E-state index in [1.54, 1.807) is 13.8 Å². The molecule has 0 saturated heterocycles. The van der Waals surface area contributed by atoms with Crippen molar-refractivity contribution in [2.24, 2.45) is 11.8 Å². The first kappa shape index (κ1) is 23.2. The predicted octanol–water partition coefficient (Wildman–Crippen LogP) is 2.55. The molecule has 0 radical (unpaired) electrons. The van der Waals surface area contributed by atoms with Crippen molar-refractivity contribution in [2.45, 2.75) is 65.8 Å². The molecule has 0 fully saturated rings. The maximum Gasteiger partial charge on any atom is 0.410 e. The first-order valence-electron chi connectivity index (χ1n) is 8.58. The third kappa shape index (κ3) is 10.6. The van der Waals surface area contributed by atoms with E-state index in [-0.39, 0.29) is 5.92 Å². The number of hydrogen-bond donors (Lipinski definition) is 2. The van der Waals surface area contributed by atoms with Crippen molar-refractivity contribution in [1.82, 2.24) is 5.32 Å². The quantitative estimate of drug-likeness (QED) is 0.406. The molecule has 0 aromatic rings. The van der Waals surface area contributed by atoms with Crippen molar-refractivity contribution < 1.29 is 33.7 Å². The Morgan fingerprint density at radius 1 is 1.08 bits per heavy atom. The topological polar surface area (TPSA) is 111 Å². The van der Waals surface area contributed by atoms with Crippen LogP contribution in [0.4, 0.5) is 4.79 Å². The van der Waals surface area contributed by atoms with Crippen molar-refractivity contribution in [3.63, 3.8) is 0 Å². The predicted molar refractivity (Wildman–Crippen MR) is 90.9 cm³/mol. The summed E-state index contributed by atoms with van der Waals surface area (Å²) in [6, 6.07) is 0. The van der Waals surface area contributed by atoms with Gasteiger partial charge in [-0.05, 0) is 32.1 Å². The Labute approximate surface area is 149 Å². The number of ether oxygens (including phenoxy) is 3. The van der Waals surface area contributed by atoms with E-state index in [4.69, 9.17) is 19.3 Å². The summed E-state index contributed by atoms with van der Waals surface area (Å²) in [5, 5.41) is 11.5. The lowest BCUT2D eigenvalue weighted by atomic mass is 9.92. The zero-order chi connectivity index (χ0) is 19.4. The highest BCUT2D eigenvalue weighted by Crippen LogP contribution is 2.18. The molecule has 0 rings (SSSR count).